The first kappa shape index (κ1) is 16.6. The minimum atomic E-state index is -1.16. The third-order valence-electron chi connectivity index (χ3n) is 3.45. The Balaban J connectivity index is 1.78. The number of amides is 2. The quantitative estimate of drug-likeness (QED) is 0.765. The number of aryl methyl sites for hydroxylation is 2. The molecule has 5 nitrogen and oxygen atoms in total. The minimum Gasteiger partial charge on any atom is -0.466 e. The lowest BCUT2D eigenvalue weighted by Gasteiger charge is -2.23. The lowest BCUT2D eigenvalue weighted by Crippen LogP contribution is -2.44. The number of aliphatic hydroxyl groups is 1. The summed E-state index contributed by atoms with van der Waals surface area (Å²) in [5.41, 5.74) is -0.462. The molecule has 1 atom stereocenters. The van der Waals surface area contributed by atoms with Crippen molar-refractivity contribution in [1.29, 1.82) is 0 Å². The zero-order valence-electron chi connectivity index (χ0n) is 13.1. The number of rotatable bonds is 6. The number of hydrogen-bond donors (Lipinski definition) is 3. The highest BCUT2D eigenvalue weighted by Crippen LogP contribution is 2.26. The van der Waals surface area contributed by atoms with Crippen LogP contribution in [-0.2, 0) is 12.0 Å². The summed E-state index contributed by atoms with van der Waals surface area (Å²) >= 11 is 1.67. The van der Waals surface area contributed by atoms with Crippen LogP contribution < -0.4 is 10.6 Å². The van der Waals surface area contributed by atoms with Crippen molar-refractivity contribution in [3.05, 3.63) is 45.5 Å². The van der Waals surface area contributed by atoms with Crippen LogP contribution in [0.1, 0.15) is 28.9 Å². The number of nitrogens with one attached hydrogen (secondary N) is 2. The molecule has 0 aliphatic heterocycles. The molecule has 2 heterocycles. The average molecular weight is 322 g/mol. The van der Waals surface area contributed by atoms with Gasteiger partial charge in [0.25, 0.3) is 0 Å². The third kappa shape index (κ3) is 4.35. The van der Waals surface area contributed by atoms with E-state index in [1.54, 1.807) is 31.3 Å². The monoisotopic (exact) mass is 322 g/mol. The maximum atomic E-state index is 11.8. The van der Waals surface area contributed by atoms with Crippen LogP contribution in [0.25, 0.3) is 0 Å². The van der Waals surface area contributed by atoms with Crippen LogP contribution in [0.3, 0.4) is 0 Å². The first-order chi connectivity index (χ1) is 10.4. The Labute approximate surface area is 134 Å². The summed E-state index contributed by atoms with van der Waals surface area (Å²) in [7, 11) is 0. The van der Waals surface area contributed by atoms with E-state index in [0.717, 1.165) is 12.2 Å². The summed E-state index contributed by atoms with van der Waals surface area (Å²) in [6.07, 6.45) is 0.807. The topological polar surface area (TPSA) is 74.5 Å². The molecule has 22 heavy (non-hydrogen) atoms. The zero-order chi connectivity index (χ0) is 16.2. The van der Waals surface area contributed by atoms with Crippen molar-refractivity contribution in [2.45, 2.75) is 32.8 Å². The fourth-order valence-electron chi connectivity index (χ4n) is 2.33. The molecule has 2 rings (SSSR count). The Hall–Kier alpha value is -1.79. The van der Waals surface area contributed by atoms with Crippen molar-refractivity contribution in [3.8, 4) is 0 Å². The van der Waals surface area contributed by atoms with E-state index in [-0.39, 0.29) is 12.6 Å². The first-order valence-corrected chi connectivity index (χ1v) is 8.10. The Morgan fingerprint density at radius 3 is 2.77 bits per heavy atom. The molecule has 3 N–H and O–H groups in total. The van der Waals surface area contributed by atoms with E-state index in [1.807, 2.05) is 24.4 Å². The van der Waals surface area contributed by atoms with E-state index in [2.05, 4.69) is 10.6 Å². The van der Waals surface area contributed by atoms with Crippen molar-refractivity contribution in [2.75, 3.05) is 13.1 Å². The Kier molecular flexibility index (Phi) is 5.26. The highest BCUT2D eigenvalue weighted by atomic mass is 32.1. The van der Waals surface area contributed by atoms with Gasteiger partial charge in [-0.05, 0) is 44.7 Å². The molecule has 0 aliphatic rings. The molecule has 0 aromatic carbocycles. The number of thiophene rings is 1. The number of urea groups is 1. The maximum Gasteiger partial charge on any atom is 0.314 e. The van der Waals surface area contributed by atoms with E-state index in [4.69, 9.17) is 4.42 Å². The smallest absolute Gasteiger partial charge is 0.314 e. The molecule has 2 amide bonds. The summed E-state index contributed by atoms with van der Waals surface area (Å²) in [4.78, 5) is 13.0. The highest BCUT2D eigenvalue weighted by molar-refractivity contribution is 7.09. The summed E-state index contributed by atoms with van der Waals surface area (Å²) < 4.78 is 5.43. The van der Waals surface area contributed by atoms with Gasteiger partial charge in [0.15, 0.2) is 0 Å². The molecule has 2 aromatic rings. The fourth-order valence-corrected chi connectivity index (χ4v) is 3.04. The minimum absolute atomic E-state index is 0.123. The average Bonchev–Trinajstić information content (AvgIpc) is 3.06. The summed E-state index contributed by atoms with van der Waals surface area (Å²) in [6, 6.07) is 5.55. The van der Waals surface area contributed by atoms with E-state index in [0.29, 0.717) is 17.9 Å². The Bertz CT molecular complexity index is 617. The fraction of sp³-hybridized carbons (Fsp3) is 0.438. The second-order valence-electron chi connectivity index (χ2n) is 5.54. The molecule has 0 aliphatic carbocycles. The number of carbonyl (C=O) groups is 1. The molecule has 120 valence electrons. The largest absolute Gasteiger partial charge is 0.466 e. The van der Waals surface area contributed by atoms with Gasteiger partial charge in [-0.3, -0.25) is 0 Å². The number of furan rings is 1. The van der Waals surface area contributed by atoms with Gasteiger partial charge in [0.1, 0.15) is 17.1 Å². The zero-order valence-corrected chi connectivity index (χ0v) is 13.9. The lowest BCUT2D eigenvalue weighted by atomic mass is 9.96. The molecule has 0 spiro atoms. The van der Waals surface area contributed by atoms with Gasteiger partial charge in [0, 0.05) is 17.0 Å². The first-order valence-electron chi connectivity index (χ1n) is 7.22. The van der Waals surface area contributed by atoms with Crippen LogP contribution in [0.15, 0.2) is 28.0 Å². The van der Waals surface area contributed by atoms with E-state index >= 15 is 0 Å². The molecule has 0 fully saturated rings. The van der Waals surface area contributed by atoms with Gasteiger partial charge in [-0.1, -0.05) is 6.07 Å². The number of hydrogen-bond acceptors (Lipinski definition) is 4. The van der Waals surface area contributed by atoms with Crippen molar-refractivity contribution < 1.29 is 14.3 Å². The van der Waals surface area contributed by atoms with Crippen LogP contribution in [0.2, 0.25) is 0 Å². The molecule has 0 unspecified atom stereocenters. The van der Waals surface area contributed by atoms with E-state index in [9.17, 15) is 9.90 Å². The van der Waals surface area contributed by atoms with Crippen molar-refractivity contribution in [2.24, 2.45) is 0 Å². The molecule has 0 saturated heterocycles. The second kappa shape index (κ2) is 6.98. The third-order valence-corrected chi connectivity index (χ3v) is 4.39. The van der Waals surface area contributed by atoms with Crippen LogP contribution in [0.4, 0.5) is 4.79 Å². The number of carbonyl (C=O) groups excluding carboxylic acids is 1. The van der Waals surface area contributed by atoms with Crippen molar-refractivity contribution in [3.63, 3.8) is 0 Å². The SMILES string of the molecule is Cc1cc([C@](C)(O)CNC(=O)NCCc2cccs2)c(C)o1. The standard InChI is InChI=1S/C16H22N2O3S/c1-11-9-14(12(2)21-11)16(3,20)10-18-15(19)17-7-6-13-5-4-8-22-13/h4-5,8-9,20H,6-7,10H2,1-3H3,(H2,17,18,19)/t16-/m1/s1. The Morgan fingerprint density at radius 2 is 2.18 bits per heavy atom. The molecule has 0 radical (unpaired) electrons. The summed E-state index contributed by atoms with van der Waals surface area (Å²) in [6.45, 7) is 5.99. The molecule has 6 heteroatoms. The van der Waals surface area contributed by atoms with Gasteiger partial charge in [-0.15, -0.1) is 11.3 Å². The van der Waals surface area contributed by atoms with Gasteiger partial charge in [0.2, 0.25) is 0 Å². The van der Waals surface area contributed by atoms with Gasteiger partial charge >= 0.3 is 6.03 Å². The van der Waals surface area contributed by atoms with E-state index < -0.39 is 5.60 Å². The molecular weight excluding hydrogens is 300 g/mol. The van der Waals surface area contributed by atoms with E-state index in [1.165, 1.54) is 4.88 Å². The molecule has 0 bridgehead atoms. The second-order valence-corrected chi connectivity index (χ2v) is 6.57. The molecular formula is C16H22N2O3S. The highest BCUT2D eigenvalue weighted by Gasteiger charge is 2.28. The van der Waals surface area contributed by atoms with Crippen LogP contribution in [0.5, 0.6) is 0 Å². The van der Waals surface area contributed by atoms with Crippen LogP contribution in [0, 0.1) is 13.8 Å². The van der Waals surface area contributed by atoms with Crippen LogP contribution >= 0.6 is 11.3 Å². The normalized spacial score (nSPS) is 13.6. The predicted molar refractivity (Wildman–Crippen MR) is 87.2 cm³/mol. The molecule has 0 saturated carbocycles. The van der Waals surface area contributed by atoms with Gasteiger partial charge < -0.3 is 20.2 Å². The predicted octanol–water partition coefficient (Wildman–Crippen LogP) is 2.71. The van der Waals surface area contributed by atoms with Crippen molar-refractivity contribution >= 4 is 17.4 Å². The van der Waals surface area contributed by atoms with Gasteiger partial charge in [0.05, 0.1) is 6.54 Å². The summed E-state index contributed by atoms with van der Waals surface area (Å²) in [5, 5.41) is 18.0. The molecule has 2 aromatic heterocycles. The lowest BCUT2D eigenvalue weighted by molar-refractivity contribution is 0.0579. The van der Waals surface area contributed by atoms with Gasteiger partial charge in [-0.25, -0.2) is 4.79 Å². The Morgan fingerprint density at radius 1 is 1.41 bits per heavy atom. The van der Waals surface area contributed by atoms with Crippen molar-refractivity contribution in [1.82, 2.24) is 10.6 Å². The maximum absolute atomic E-state index is 11.8. The summed E-state index contributed by atoms with van der Waals surface area (Å²) in [5.74, 6) is 1.41. The van der Waals surface area contributed by atoms with Crippen LogP contribution in [-0.4, -0.2) is 24.2 Å². The van der Waals surface area contributed by atoms with Gasteiger partial charge in [-0.2, -0.15) is 0 Å².